The largest absolute Gasteiger partial charge is 0.390 e. The Kier molecular flexibility index (Phi) is 2.02. The van der Waals surface area contributed by atoms with E-state index in [9.17, 15) is 0 Å². The predicted octanol–water partition coefficient (Wildman–Crippen LogP) is -3.35. The number of hydrogen-bond acceptors (Lipinski definition) is 3. The fraction of sp³-hybridized carbons (Fsp3) is 1.00. The fourth-order valence-electron chi connectivity index (χ4n) is 1.06. The van der Waals surface area contributed by atoms with Crippen LogP contribution < -0.4 is 5.32 Å². The van der Waals surface area contributed by atoms with Gasteiger partial charge in [-0.2, -0.15) is 0 Å². The minimum atomic E-state index is -0.755. The zero-order valence-corrected chi connectivity index (χ0v) is 5.07. The Morgan fingerprint density at radius 2 is 2.11 bits per heavy atom. The van der Waals surface area contributed by atoms with E-state index >= 15 is 0 Å². The number of aliphatic hydroxyl groups is 3. The first-order valence-electron chi connectivity index (χ1n) is 3.06. The van der Waals surface area contributed by atoms with Gasteiger partial charge in [0, 0.05) is 0 Å². The second kappa shape index (κ2) is 2.62. The van der Waals surface area contributed by atoms with Gasteiger partial charge >= 0.3 is 0 Å². The van der Waals surface area contributed by atoms with Crippen LogP contribution in [0.4, 0.5) is 0 Å². The third-order valence-electron chi connectivity index (χ3n) is 1.72. The molecule has 4 heteroatoms. The van der Waals surface area contributed by atoms with Crippen molar-refractivity contribution in [3.63, 3.8) is 0 Å². The van der Waals surface area contributed by atoms with E-state index in [0.717, 1.165) is 0 Å². The molecule has 0 spiro atoms. The number of quaternary nitrogens is 1. The molecule has 4 nitrogen and oxygen atoms in total. The van der Waals surface area contributed by atoms with Crippen molar-refractivity contribution in [2.24, 2.45) is 0 Å². The van der Waals surface area contributed by atoms with Gasteiger partial charge < -0.3 is 20.6 Å². The lowest BCUT2D eigenvalue weighted by atomic mass is 10.1. The summed E-state index contributed by atoms with van der Waals surface area (Å²) in [4.78, 5) is 0. The lowest BCUT2D eigenvalue weighted by Crippen LogP contribution is -2.89. The summed E-state index contributed by atoms with van der Waals surface area (Å²) in [6, 6.07) is -0.222. The Morgan fingerprint density at radius 1 is 1.44 bits per heavy atom. The van der Waals surface area contributed by atoms with E-state index in [0.29, 0.717) is 6.54 Å². The highest BCUT2D eigenvalue weighted by Crippen LogP contribution is 1.99. The Balaban J connectivity index is 2.41. The van der Waals surface area contributed by atoms with E-state index in [1.807, 2.05) is 0 Å². The quantitative estimate of drug-likeness (QED) is 0.302. The molecule has 1 fully saturated rings. The number of hydrogen-bond donors (Lipinski definition) is 4. The van der Waals surface area contributed by atoms with E-state index < -0.39 is 12.2 Å². The van der Waals surface area contributed by atoms with Crippen LogP contribution in [0.2, 0.25) is 0 Å². The summed E-state index contributed by atoms with van der Waals surface area (Å²) in [5.74, 6) is 0. The summed E-state index contributed by atoms with van der Waals surface area (Å²) in [7, 11) is 0. The first-order valence-corrected chi connectivity index (χ1v) is 3.06. The van der Waals surface area contributed by atoms with Gasteiger partial charge in [0.1, 0.15) is 24.8 Å². The first kappa shape index (κ1) is 6.95. The number of rotatable bonds is 1. The minimum Gasteiger partial charge on any atom is -0.390 e. The van der Waals surface area contributed by atoms with Crippen LogP contribution in [-0.2, 0) is 0 Å². The van der Waals surface area contributed by atoms with Crippen LogP contribution in [0.5, 0.6) is 0 Å². The fourth-order valence-corrected chi connectivity index (χ4v) is 1.06. The van der Waals surface area contributed by atoms with Crippen LogP contribution in [-0.4, -0.2) is 46.7 Å². The highest BCUT2D eigenvalue weighted by atomic mass is 16.3. The van der Waals surface area contributed by atoms with Crippen LogP contribution in [0.25, 0.3) is 0 Å². The van der Waals surface area contributed by atoms with Crippen molar-refractivity contribution < 1.29 is 20.6 Å². The lowest BCUT2D eigenvalue weighted by molar-refractivity contribution is -0.676. The maximum atomic E-state index is 9.02. The second-order valence-electron chi connectivity index (χ2n) is 2.38. The molecule has 1 rings (SSSR count). The van der Waals surface area contributed by atoms with E-state index in [-0.39, 0.29) is 12.6 Å². The van der Waals surface area contributed by atoms with Crippen molar-refractivity contribution in [3.05, 3.63) is 0 Å². The summed E-state index contributed by atoms with van der Waals surface area (Å²) in [5.41, 5.74) is 0. The molecule has 9 heavy (non-hydrogen) atoms. The molecule has 0 aliphatic carbocycles. The van der Waals surface area contributed by atoms with Crippen LogP contribution in [0, 0.1) is 0 Å². The molecule has 0 unspecified atom stereocenters. The molecule has 1 heterocycles. The molecule has 0 bridgehead atoms. The molecule has 0 aromatic heterocycles. The van der Waals surface area contributed by atoms with Gasteiger partial charge in [0.15, 0.2) is 0 Å². The molecule has 3 atom stereocenters. The minimum absolute atomic E-state index is 0.0712. The molecule has 0 radical (unpaired) electrons. The first-order chi connectivity index (χ1) is 4.25. The molecular weight excluding hydrogens is 122 g/mol. The zero-order valence-electron chi connectivity index (χ0n) is 5.07. The third kappa shape index (κ3) is 1.21. The third-order valence-corrected chi connectivity index (χ3v) is 1.72. The Hall–Kier alpha value is -0.160. The summed E-state index contributed by atoms with van der Waals surface area (Å²) in [5, 5.41) is 28.2. The smallest absolute Gasteiger partial charge is 0.139 e. The maximum Gasteiger partial charge on any atom is 0.139 e. The topological polar surface area (TPSA) is 77.3 Å². The van der Waals surface area contributed by atoms with Gasteiger partial charge in [-0.05, 0) is 0 Å². The Bertz CT molecular complexity index is 98.2. The van der Waals surface area contributed by atoms with E-state index in [2.05, 4.69) is 0 Å². The SMILES string of the molecule is OC[C@H]1[NH2+]C[C@@H](O)[C@@H]1O. The zero-order chi connectivity index (χ0) is 6.85. The molecule has 0 aromatic rings. The second-order valence-corrected chi connectivity index (χ2v) is 2.38. The summed E-state index contributed by atoms with van der Waals surface area (Å²) in [6.07, 6.45) is -1.42. The molecule has 0 saturated carbocycles. The molecule has 5 N–H and O–H groups in total. The van der Waals surface area contributed by atoms with Gasteiger partial charge in [-0.3, -0.25) is 0 Å². The lowest BCUT2D eigenvalue weighted by Gasteiger charge is -2.07. The molecule has 1 aliphatic rings. The highest BCUT2D eigenvalue weighted by molar-refractivity contribution is 4.77. The average molecular weight is 134 g/mol. The molecule has 0 amide bonds. The van der Waals surface area contributed by atoms with Gasteiger partial charge in [-0.1, -0.05) is 0 Å². The van der Waals surface area contributed by atoms with Crippen molar-refractivity contribution >= 4 is 0 Å². The summed E-state index contributed by atoms with van der Waals surface area (Å²) < 4.78 is 0. The summed E-state index contributed by atoms with van der Waals surface area (Å²) in [6.45, 7) is 0.421. The molecule has 1 saturated heterocycles. The van der Waals surface area contributed by atoms with Gasteiger partial charge in [0.2, 0.25) is 0 Å². The van der Waals surface area contributed by atoms with Crippen LogP contribution >= 0.6 is 0 Å². The van der Waals surface area contributed by atoms with Crippen LogP contribution in [0.3, 0.4) is 0 Å². The maximum absolute atomic E-state index is 9.02. The van der Waals surface area contributed by atoms with Crippen molar-refractivity contribution in [2.45, 2.75) is 18.2 Å². The van der Waals surface area contributed by atoms with Crippen molar-refractivity contribution in [1.29, 1.82) is 0 Å². The van der Waals surface area contributed by atoms with E-state index in [1.165, 1.54) is 0 Å². The van der Waals surface area contributed by atoms with Crippen LogP contribution in [0.1, 0.15) is 0 Å². The van der Waals surface area contributed by atoms with Crippen molar-refractivity contribution in [2.75, 3.05) is 13.2 Å². The van der Waals surface area contributed by atoms with Crippen molar-refractivity contribution in [3.8, 4) is 0 Å². The molecule has 1 aliphatic heterocycles. The van der Waals surface area contributed by atoms with E-state index in [1.54, 1.807) is 5.32 Å². The normalized spacial score (nSPS) is 43.7. The predicted molar refractivity (Wildman–Crippen MR) is 29.7 cm³/mol. The van der Waals surface area contributed by atoms with Crippen LogP contribution in [0.15, 0.2) is 0 Å². The van der Waals surface area contributed by atoms with E-state index in [4.69, 9.17) is 15.3 Å². The van der Waals surface area contributed by atoms with Gasteiger partial charge in [-0.15, -0.1) is 0 Å². The van der Waals surface area contributed by atoms with Crippen molar-refractivity contribution in [1.82, 2.24) is 0 Å². The summed E-state index contributed by atoms with van der Waals surface area (Å²) >= 11 is 0. The average Bonchev–Trinajstić information content (AvgIpc) is 2.15. The Labute approximate surface area is 53.1 Å². The van der Waals surface area contributed by atoms with Gasteiger partial charge in [0.25, 0.3) is 0 Å². The number of aliphatic hydroxyl groups excluding tert-OH is 3. The molecule has 54 valence electrons. The van der Waals surface area contributed by atoms with Gasteiger partial charge in [0.05, 0.1) is 6.61 Å². The standard InChI is InChI=1S/C5H11NO3/c7-2-3-5(9)4(8)1-6-3/h3-9H,1-2H2/p+1/t3-,4-,5-/m1/s1. The molecular formula is C5H12NO3+. The molecule has 0 aromatic carbocycles. The highest BCUT2D eigenvalue weighted by Gasteiger charge is 2.36. The monoisotopic (exact) mass is 134 g/mol. The van der Waals surface area contributed by atoms with Gasteiger partial charge in [-0.25, -0.2) is 0 Å². The Morgan fingerprint density at radius 3 is 2.33 bits per heavy atom. The number of nitrogens with two attached hydrogens (primary N) is 1.